The molecule has 3 N–H and O–H groups in total. The molecule has 0 bridgehead atoms. The van der Waals surface area contributed by atoms with Gasteiger partial charge in [0.1, 0.15) is 23.4 Å². The lowest BCUT2D eigenvalue weighted by atomic mass is 10.2. The van der Waals surface area contributed by atoms with Crippen molar-refractivity contribution < 1.29 is 33.5 Å². The van der Waals surface area contributed by atoms with E-state index in [4.69, 9.17) is 28.9 Å². The Labute approximate surface area is 188 Å². The summed E-state index contributed by atoms with van der Waals surface area (Å²) in [5, 5.41) is 24.0. The van der Waals surface area contributed by atoms with Crippen molar-refractivity contribution in [2.75, 3.05) is 13.2 Å². The van der Waals surface area contributed by atoms with Gasteiger partial charge in [-0.05, 0) is 57.2 Å². The number of phosphoric ester groups is 1. The van der Waals surface area contributed by atoms with Gasteiger partial charge >= 0.3 is 7.82 Å². The Kier molecular flexibility index (Phi) is 9.75. The standard InChI is InChI=1S/C21H21O4P.C3H8O3/c1-16-4-10-19(11-5-16)23-26(22,24-20-12-6-17(2)7-13-20)25-21-14-8-18(3)9-15-21;4-1-3(6)2-5/h4-15H,1-3H3;3-6H,1-2H2. The molecular weight excluding hydrogens is 431 g/mol. The van der Waals surface area contributed by atoms with Crippen LogP contribution in [0.5, 0.6) is 17.2 Å². The molecule has 0 amide bonds. The van der Waals surface area contributed by atoms with E-state index in [0.29, 0.717) is 17.2 Å². The quantitative estimate of drug-likeness (QED) is 0.422. The van der Waals surface area contributed by atoms with Gasteiger partial charge in [0.15, 0.2) is 0 Å². The molecule has 0 spiro atoms. The minimum atomic E-state index is -3.93. The molecule has 7 nitrogen and oxygen atoms in total. The number of hydrogen-bond donors (Lipinski definition) is 3. The van der Waals surface area contributed by atoms with Crippen LogP contribution in [-0.2, 0) is 4.57 Å². The van der Waals surface area contributed by atoms with Crippen molar-refractivity contribution in [1.29, 1.82) is 0 Å². The average Bonchev–Trinajstić information content (AvgIpc) is 2.78. The number of rotatable bonds is 8. The van der Waals surface area contributed by atoms with Crippen molar-refractivity contribution in [2.45, 2.75) is 26.9 Å². The van der Waals surface area contributed by atoms with Gasteiger partial charge in [-0.25, -0.2) is 0 Å². The van der Waals surface area contributed by atoms with Crippen molar-refractivity contribution in [3.05, 3.63) is 89.5 Å². The molecule has 0 saturated heterocycles. The zero-order valence-electron chi connectivity index (χ0n) is 18.3. The molecule has 0 radical (unpaired) electrons. The first-order valence-electron chi connectivity index (χ1n) is 10.0. The van der Waals surface area contributed by atoms with Gasteiger partial charge in [0.25, 0.3) is 0 Å². The summed E-state index contributed by atoms with van der Waals surface area (Å²) in [7, 11) is -3.93. The Morgan fingerprint density at radius 2 is 0.875 bits per heavy atom. The van der Waals surface area contributed by atoms with E-state index < -0.39 is 13.9 Å². The Balaban J connectivity index is 0.000000534. The maximum Gasteiger partial charge on any atom is 0.647 e. The van der Waals surface area contributed by atoms with E-state index in [1.54, 1.807) is 36.4 Å². The van der Waals surface area contributed by atoms with Crippen LogP contribution in [0.4, 0.5) is 0 Å². The number of aliphatic hydroxyl groups excluding tert-OH is 3. The summed E-state index contributed by atoms with van der Waals surface area (Å²) in [6.07, 6.45) is -0.954. The Morgan fingerprint density at radius 3 is 1.06 bits per heavy atom. The van der Waals surface area contributed by atoms with Crippen LogP contribution in [0.1, 0.15) is 16.7 Å². The first kappa shape index (κ1) is 25.4. The number of hydrogen-bond acceptors (Lipinski definition) is 7. The minimum Gasteiger partial charge on any atom is -0.394 e. The third kappa shape index (κ3) is 8.73. The lowest BCUT2D eigenvalue weighted by Crippen LogP contribution is -2.15. The first-order chi connectivity index (χ1) is 15.2. The summed E-state index contributed by atoms with van der Waals surface area (Å²) in [6, 6.07) is 21.6. The lowest BCUT2D eigenvalue weighted by Gasteiger charge is -2.19. The van der Waals surface area contributed by atoms with Gasteiger partial charge in [-0.3, -0.25) is 0 Å². The highest BCUT2D eigenvalue weighted by molar-refractivity contribution is 7.49. The molecule has 0 aliphatic carbocycles. The van der Waals surface area contributed by atoms with E-state index in [1.807, 2.05) is 57.2 Å². The first-order valence-corrected chi connectivity index (χ1v) is 11.5. The fourth-order valence-corrected chi connectivity index (χ4v) is 3.55. The lowest BCUT2D eigenvalue weighted by molar-refractivity contribution is 0.0450. The second-order valence-electron chi connectivity index (χ2n) is 7.18. The molecule has 3 aromatic rings. The molecule has 3 rings (SSSR count). The van der Waals surface area contributed by atoms with Crippen molar-refractivity contribution in [2.24, 2.45) is 0 Å². The zero-order chi connectivity index (χ0) is 23.6. The van der Waals surface area contributed by atoms with Gasteiger partial charge in [0.05, 0.1) is 13.2 Å². The van der Waals surface area contributed by atoms with Crippen molar-refractivity contribution in [3.63, 3.8) is 0 Å². The van der Waals surface area contributed by atoms with E-state index in [0.717, 1.165) is 16.7 Å². The van der Waals surface area contributed by atoms with Gasteiger partial charge in [0.2, 0.25) is 0 Å². The van der Waals surface area contributed by atoms with Crippen LogP contribution in [0.2, 0.25) is 0 Å². The molecule has 0 aromatic heterocycles. The molecule has 172 valence electrons. The predicted octanol–water partition coefficient (Wildman–Crippen LogP) is 4.59. The highest BCUT2D eigenvalue weighted by Crippen LogP contribution is 2.49. The van der Waals surface area contributed by atoms with Gasteiger partial charge in [-0.15, -0.1) is 0 Å². The highest BCUT2D eigenvalue weighted by atomic mass is 31.2. The predicted molar refractivity (Wildman–Crippen MR) is 123 cm³/mol. The van der Waals surface area contributed by atoms with Gasteiger partial charge in [-0.1, -0.05) is 53.1 Å². The Morgan fingerprint density at radius 1 is 0.625 bits per heavy atom. The molecule has 0 aliphatic rings. The SMILES string of the molecule is Cc1ccc(OP(=O)(Oc2ccc(C)cc2)Oc2ccc(C)cc2)cc1.OCC(O)CO. The summed E-state index contributed by atoms with van der Waals surface area (Å²) in [4.78, 5) is 0. The minimum absolute atomic E-state index is 0.365. The molecule has 0 fully saturated rings. The maximum absolute atomic E-state index is 13.3. The topological polar surface area (TPSA) is 105 Å². The smallest absolute Gasteiger partial charge is 0.394 e. The Bertz CT molecular complexity index is 860. The van der Waals surface area contributed by atoms with Gasteiger partial charge in [0, 0.05) is 0 Å². The van der Waals surface area contributed by atoms with E-state index in [2.05, 4.69) is 0 Å². The van der Waals surface area contributed by atoms with E-state index >= 15 is 0 Å². The van der Waals surface area contributed by atoms with E-state index in [9.17, 15) is 4.57 Å². The molecule has 0 heterocycles. The fourth-order valence-electron chi connectivity index (χ4n) is 2.30. The normalized spacial score (nSPS) is 10.8. The molecule has 8 heteroatoms. The van der Waals surface area contributed by atoms with Crippen LogP contribution in [0.15, 0.2) is 72.8 Å². The molecule has 0 aliphatic heterocycles. The molecule has 3 aromatic carbocycles. The summed E-state index contributed by atoms with van der Waals surface area (Å²) in [6.45, 7) is 5.17. The summed E-state index contributed by atoms with van der Waals surface area (Å²) in [5.74, 6) is 1.24. The van der Waals surface area contributed by atoms with Crippen molar-refractivity contribution in [1.82, 2.24) is 0 Å². The second kappa shape index (κ2) is 12.3. The fraction of sp³-hybridized carbons (Fsp3) is 0.250. The Hall–Kier alpha value is -2.83. The highest BCUT2D eigenvalue weighted by Gasteiger charge is 2.33. The average molecular weight is 460 g/mol. The van der Waals surface area contributed by atoms with Gasteiger partial charge in [-0.2, -0.15) is 4.57 Å². The van der Waals surface area contributed by atoms with Crippen molar-refractivity contribution in [3.8, 4) is 17.2 Å². The molecular formula is C24H29O7P. The van der Waals surface area contributed by atoms with Crippen LogP contribution in [0, 0.1) is 20.8 Å². The number of phosphoric acid groups is 1. The van der Waals surface area contributed by atoms with Crippen LogP contribution in [0.3, 0.4) is 0 Å². The largest absolute Gasteiger partial charge is 0.647 e. The van der Waals surface area contributed by atoms with Crippen LogP contribution < -0.4 is 13.6 Å². The van der Waals surface area contributed by atoms with Gasteiger partial charge < -0.3 is 28.9 Å². The third-order valence-electron chi connectivity index (χ3n) is 4.14. The third-order valence-corrected chi connectivity index (χ3v) is 5.44. The molecule has 32 heavy (non-hydrogen) atoms. The number of aliphatic hydroxyl groups is 3. The van der Waals surface area contributed by atoms with Crippen LogP contribution >= 0.6 is 7.82 Å². The molecule has 0 atom stereocenters. The molecule has 0 unspecified atom stereocenters. The summed E-state index contributed by atoms with van der Waals surface area (Å²) in [5.41, 5.74) is 3.23. The summed E-state index contributed by atoms with van der Waals surface area (Å²) < 4.78 is 30.2. The van der Waals surface area contributed by atoms with E-state index in [1.165, 1.54) is 0 Å². The zero-order valence-corrected chi connectivity index (χ0v) is 19.2. The molecule has 0 saturated carbocycles. The van der Waals surface area contributed by atoms with E-state index in [-0.39, 0.29) is 13.2 Å². The second-order valence-corrected chi connectivity index (χ2v) is 8.62. The number of aryl methyl sites for hydroxylation is 3. The van der Waals surface area contributed by atoms with Crippen molar-refractivity contribution >= 4 is 7.82 Å². The maximum atomic E-state index is 13.3. The monoisotopic (exact) mass is 460 g/mol. The van der Waals surface area contributed by atoms with Crippen LogP contribution in [-0.4, -0.2) is 34.6 Å². The summed E-state index contributed by atoms with van der Waals surface area (Å²) >= 11 is 0. The number of benzene rings is 3. The van der Waals surface area contributed by atoms with Crippen LogP contribution in [0.25, 0.3) is 0 Å².